The van der Waals surface area contributed by atoms with Crippen LogP contribution in [0.5, 0.6) is 11.5 Å². The van der Waals surface area contributed by atoms with E-state index < -0.39 is 5.82 Å². The summed E-state index contributed by atoms with van der Waals surface area (Å²) in [7, 11) is 0. The molecule has 3 aliphatic heterocycles. The Kier molecular flexibility index (Phi) is 8.05. The lowest BCUT2D eigenvalue weighted by Crippen LogP contribution is -2.62. The van der Waals surface area contributed by atoms with E-state index in [9.17, 15) is 14.0 Å². The van der Waals surface area contributed by atoms with Gasteiger partial charge in [-0.25, -0.2) is 14.4 Å². The normalized spacial score (nSPS) is 23.4. The van der Waals surface area contributed by atoms with Crippen molar-refractivity contribution < 1.29 is 18.7 Å². The van der Waals surface area contributed by atoms with Crippen LogP contribution in [-0.4, -0.2) is 82.9 Å². The van der Waals surface area contributed by atoms with Gasteiger partial charge in [-0.3, -0.25) is 9.59 Å². The molecule has 1 aromatic carbocycles. The molecule has 2 atom stereocenters. The van der Waals surface area contributed by atoms with Crippen LogP contribution in [0.1, 0.15) is 57.3 Å². The van der Waals surface area contributed by atoms with Gasteiger partial charge in [0.2, 0.25) is 5.91 Å². The first-order valence-electron chi connectivity index (χ1n) is 14.6. The third-order valence-corrected chi connectivity index (χ3v) is 8.98. The van der Waals surface area contributed by atoms with E-state index in [-0.39, 0.29) is 46.0 Å². The number of ether oxygens (including phenoxy) is 1. The molecule has 0 unspecified atom stereocenters. The van der Waals surface area contributed by atoms with E-state index in [4.69, 9.17) is 4.74 Å². The maximum Gasteiger partial charge on any atom is 0.257 e. The predicted octanol–water partition coefficient (Wildman–Crippen LogP) is 4.26. The zero-order valence-electron chi connectivity index (χ0n) is 24.5. The number of nitrogens with zero attached hydrogens (tertiary/aromatic N) is 5. The van der Waals surface area contributed by atoms with Gasteiger partial charge in [0.1, 0.15) is 17.9 Å². The van der Waals surface area contributed by atoms with E-state index in [0.29, 0.717) is 18.1 Å². The number of nitrogens with one attached hydrogen (secondary N) is 1. The SMILES string of the molecule is C=C[C@@]1(C)CN[C@H](C(=O)N2CCC3(CC2)CN(c2ncncc2Oc2ccc(F)cc2C(=O)N(CC)C(C)C)C3)C1. The fourth-order valence-electron chi connectivity index (χ4n) is 6.34. The largest absolute Gasteiger partial charge is 0.451 e. The molecule has 0 aliphatic carbocycles. The Morgan fingerprint density at radius 2 is 2.00 bits per heavy atom. The average molecular weight is 565 g/mol. The highest BCUT2D eigenvalue weighted by molar-refractivity contribution is 5.97. The van der Waals surface area contributed by atoms with Crippen LogP contribution in [0.3, 0.4) is 0 Å². The highest BCUT2D eigenvalue weighted by Crippen LogP contribution is 2.45. The number of anilines is 1. The Morgan fingerprint density at radius 1 is 1.27 bits per heavy atom. The van der Waals surface area contributed by atoms with Crippen molar-refractivity contribution in [3.8, 4) is 11.5 Å². The highest BCUT2D eigenvalue weighted by atomic mass is 19.1. The third kappa shape index (κ3) is 5.80. The number of aromatic nitrogens is 2. The van der Waals surface area contributed by atoms with Gasteiger partial charge in [0.05, 0.1) is 17.8 Å². The van der Waals surface area contributed by atoms with E-state index in [1.54, 1.807) is 11.1 Å². The number of carbonyl (C=O) groups is 2. The first-order valence-corrected chi connectivity index (χ1v) is 14.6. The van der Waals surface area contributed by atoms with Gasteiger partial charge >= 0.3 is 0 Å². The number of hydrogen-bond acceptors (Lipinski definition) is 7. The Balaban J connectivity index is 1.24. The summed E-state index contributed by atoms with van der Waals surface area (Å²) in [6, 6.07) is 3.81. The first-order chi connectivity index (χ1) is 19.6. The number of carbonyl (C=O) groups excluding carboxylic acids is 2. The van der Waals surface area contributed by atoms with Crippen LogP contribution in [0.4, 0.5) is 10.2 Å². The molecule has 10 heteroatoms. The van der Waals surface area contributed by atoms with Crippen LogP contribution >= 0.6 is 0 Å². The number of hydrogen-bond donors (Lipinski definition) is 1. The van der Waals surface area contributed by atoms with E-state index in [0.717, 1.165) is 52.0 Å². The number of likely N-dealkylation sites (tertiary alicyclic amines) is 1. The number of piperidine rings is 1. The standard InChI is InChI=1S/C31H41FN6O3/c1-6-30(5)15-24(34-17-30)29(40)36-12-10-31(11-13-36)18-37(19-31)27-26(16-33-20-35-27)41-25-9-8-22(32)14-23(25)28(39)38(7-2)21(3)4/h6,8-9,14,16,20-21,24,34H,1,7,10-13,15,17-19H2,2-5H3/t24-,30+/m0/s1. The topological polar surface area (TPSA) is 90.9 Å². The van der Waals surface area contributed by atoms with Crippen LogP contribution in [0.2, 0.25) is 0 Å². The summed E-state index contributed by atoms with van der Waals surface area (Å²) in [4.78, 5) is 40.9. The molecule has 3 saturated heterocycles. The van der Waals surface area contributed by atoms with Crippen molar-refractivity contribution in [3.05, 3.63) is 54.8 Å². The van der Waals surface area contributed by atoms with Crippen molar-refractivity contribution in [2.45, 2.75) is 59.0 Å². The van der Waals surface area contributed by atoms with Crippen molar-refractivity contribution in [3.63, 3.8) is 0 Å². The minimum atomic E-state index is -0.502. The Hall–Kier alpha value is -3.53. The quantitative estimate of drug-likeness (QED) is 0.479. The number of amides is 2. The predicted molar refractivity (Wildman–Crippen MR) is 156 cm³/mol. The Labute approximate surface area is 241 Å². The summed E-state index contributed by atoms with van der Waals surface area (Å²) in [5.41, 5.74) is 0.250. The minimum absolute atomic E-state index is 0.0328. The molecular weight excluding hydrogens is 523 g/mol. The molecule has 1 aromatic heterocycles. The van der Waals surface area contributed by atoms with Gasteiger partial charge in [-0.05, 0) is 63.6 Å². The van der Waals surface area contributed by atoms with Crippen molar-refractivity contribution in [2.24, 2.45) is 10.8 Å². The second-order valence-corrected chi connectivity index (χ2v) is 12.3. The molecule has 0 saturated carbocycles. The molecule has 2 aromatic rings. The molecule has 3 aliphatic rings. The van der Waals surface area contributed by atoms with E-state index in [2.05, 4.69) is 33.7 Å². The fourth-order valence-corrected chi connectivity index (χ4v) is 6.34. The zero-order chi connectivity index (χ0) is 29.4. The summed E-state index contributed by atoms with van der Waals surface area (Å²) in [6.45, 7) is 16.2. The second-order valence-electron chi connectivity index (χ2n) is 12.3. The van der Waals surface area contributed by atoms with Gasteiger partial charge in [0, 0.05) is 50.7 Å². The molecule has 9 nitrogen and oxygen atoms in total. The smallest absolute Gasteiger partial charge is 0.257 e. The van der Waals surface area contributed by atoms with E-state index in [1.165, 1.54) is 24.5 Å². The molecule has 0 radical (unpaired) electrons. The van der Waals surface area contributed by atoms with Gasteiger partial charge in [-0.1, -0.05) is 13.0 Å². The maximum absolute atomic E-state index is 14.2. The first kappa shape index (κ1) is 29.0. The molecule has 220 valence electrons. The molecular formula is C31H41FN6O3. The van der Waals surface area contributed by atoms with Crippen molar-refractivity contribution >= 4 is 17.6 Å². The van der Waals surface area contributed by atoms with Crippen LogP contribution in [0.25, 0.3) is 0 Å². The minimum Gasteiger partial charge on any atom is -0.451 e. The lowest BCUT2D eigenvalue weighted by molar-refractivity contribution is -0.135. The fraction of sp³-hybridized carbons (Fsp3) is 0.548. The second kappa shape index (κ2) is 11.4. The average Bonchev–Trinajstić information content (AvgIpc) is 3.35. The molecule has 2 amide bonds. The van der Waals surface area contributed by atoms with Crippen molar-refractivity contribution in [2.75, 3.05) is 44.2 Å². The zero-order valence-corrected chi connectivity index (χ0v) is 24.5. The molecule has 0 bridgehead atoms. The van der Waals surface area contributed by atoms with Crippen LogP contribution in [-0.2, 0) is 4.79 Å². The molecule has 3 fully saturated rings. The number of benzene rings is 1. The van der Waals surface area contributed by atoms with Crippen molar-refractivity contribution in [1.82, 2.24) is 25.1 Å². The summed E-state index contributed by atoms with van der Waals surface area (Å²) in [5.74, 6) is 0.723. The van der Waals surface area contributed by atoms with Crippen LogP contribution in [0.15, 0.2) is 43.4 Å². The summed E-state index contributed by atoms with van der Waals surface area (Å²) < 4.78 is 20.4. The van der Waals surface area contributed by atoms with E-state index in [1.807, 2.05) is 31.7 Å². The van der Waals surface area contributed by atoms with Gasteiger partial charge in [-0.15, -0.1) is 6.58 Å². The van der Waals surface area contributed by atoms with Crippen molar-refractivity contribution in [1.29, 1.82) is 0 Å². The highest BCUT2D eigenvalue weighted by Gasteiger charge is 2.48. The van der Waals surface area contributed by atoms with Gasteiger partial charge in [-0.2, -0.15) is 0 Å². The van der Waals surface area contributed by atoms with Crippen LogP contribution in [0, 0.1) is 16.6 Å². The van der Waals surface area contributed by atoms with E-state index >= 15 is 0 Å². The summed E-state index contributed by atoms with van der Waals surface area (Å²) >= 11 is 0. The van der Waals surface area contributed by atoms with Crippen LogP contribution < -0.4 is 15.0 Å². The number of rotatable bonds is 8. The number of halogens is 1. The lowest BCUT2D eigenvalue weighted by atomic mass is 9.72. The Morgan fingerprint density at radius 3 is 2.63 bits per heavy atom. The third-order valence-electron chi connectivity index (χ3n) is 8.98. The molecule has 5 rings (SSSR count). The summed E-state index contributed by atoms with van der Waals surface area (Å²) in [6.07, 6.45) is 7.66. The summed E-state index contributed by atoms with van der Waals surface area (Å²) in [5, 5.41) is 3.38. The van der Waals surface area contributed by atoms with Gasteiger partial charge in [0.25, 0.3) is 5.91 Å². The molecule has 1 spiro atoms. The molecule has 4 heterocycles. The maximum atomic E-state index is 14.2. The van der Waals surface area contributed by atoms with Gasteiger partial charge < -0.3 is 24.8 Å². The Bertz CT molecular complexity index is 1300. The molecule has 1 N–H and O–H groups in total. The monoisotopic (exact) mass is 564 g/mol. The molecule has 41 heavy (non-hydrogen) atoms. The lowest BCUT2D eigenvalue weighted by Gasteiger charge is -2.54. The van der Waals surface area contributed by atoms with Gasteiger partial charge in [0.15, 0.2) is 11.6 Å².